The van der Waals surface area contributed by atoms with Gasteiger partial charge in [-0.15, -0.1) is 11.3 Å². The fraction of sp³-hybridized carbons (Fsp3) is 0.214. The largest absolute Gasteiger partial charge is 0.338 e. The monoisotopic (exact) mass is 338 g/mol. The van der Waals surface area contributed by atoms with Crippen LogP contribution in [-0.4, -0.2) is 12.6 Å². The second kappa shape index (κ2) is 6.73. The number of halogens is 1. The number of hydrogen-bond acceptors (Lipinski definition) is 2. The standard InChI is InChI=1S/C14H15BrN2OS/c1-10-9-11(15)4-5-13(10)17-14(18)16-7-6-12-3-2-8-19-12/h2-5,8-9H,6-7H2,1H3,(H2,16,17,18). The van der Waals surface area contributed by atoms with Gasteiger partial charge in [0.15, 0.2) is 0 Å². The Hall–Kier alpha value is -1.33. The lowest BCUT2D eigenvalue weighted by molar-refractivity contribution is 0.252. The molecular weight excluding hydrogens is 324 g/mol. The number of urea groups is 1. The fourth-order valence-electron chi connectivity index (χ4n) is 1.69. The minimum Gasteiger partial charge on any atom is -0.338 e. The van der Waals surface area contributed by atoms with Crippen LogP contribution in [0.1, 0.15) is 10.4 Å². The summed E-state index contributed by atoms with van der Waals surface area (Å²) in [5.41, 5.74) is 1.86. The molecule has 2 rings (SSSR count). The van der Waals surface area contributed by atoms with Gasteiger partial charge < -0.3 is 10.6 Å². The van der Waals surface area contributed by atoms with Crippen molar-refractivity contribution in [1.29, 1.82) is 0 Å². The van der Waals surface area contributed by atoms with Crippen LogP contribution in [-0.2, 0) is 6.42 Å². The maximum atomic E-state index is 11.7. The minimum absolute atomic E-state index is 0.165. The van der Waals surface area contributed by atoms with E-state index in [1.54, 1.807) is 11.3 Å². The number of aryl methyl sites for hydroxylation is 1. The summed E-state index contributed by atoms with van der Waals surface area (Å²) >= 11 is 5.11. The number of amides is 2. The third kappa shape index (κ3) is 4.36. The predicted molar refractivity (Wildman–Crippen MR) is 83.9 cm³/mol. The molecule has 0 saturated heterocycles. The lowest BCUT2D eigenvalue weighted by atomic mass is 10.2. The van der Waals surface area contributed by atoms with Crippen molar-refractivity contribution in [3.63, 3.8) is 0 Å². The fourth-order valence-corrected chi connectivity index (χ4v) is 2.87. The molecule has 0 radical (unpaired) electrons. The van der Waals surface area contributed by atoms with Crippen molar-refractivity contribution >= 4 is 39.0 Å². The van der Waals surface area contributed by atoms with Crippen LogP contribution in [0.5, 0.6) is 0 Å². The number of anilines is 1. The summed E-state index contributed by atoms with van der Waals surface area (Å²) in [5.74, 6) is 0. The van der Waals surface area contributed by atoms with Gasteiger partial charge in [-0.3, -0.25) is 0 Å². The van der Waals surface area contributed by atoms with Crippen LogP contribution in [0.4, 0.5) is 10.5 Å². The second-order valence-electron chi connectivity index (χ2n) is 4.17. The van der Waals surface area contributed by atoms with Gasteiger partial charge in [0.1, 0.15) is 0 Å². The third-order valence-electron chi connectivity index (χ3n) is 2.67. The van der Waals surface area contributed by atoms with Gasteiger partial charge in [0, 0.05) is 21.6 Å². The highest BCUT2D eigenvalue weighted by atomic mass is 79.9. The van der Waals surface area contributed by atoms with Gasteiger partial charge >= 0.3 is 6.03 Å². The summed E-state index contributed by atoms with van der Waals surface area (Å²) < 4.78 is 1.01. The molecule has 0 fully saturated rings. The Kier molecular flexibility index (Phi) is 4.99. The highest BCUT2D eigenvalue weighted by Gasteiger charge is 2.04. The molecule has 2 N–H and O–H groups in total. The van der Waals surface area contributed by atoms with Gasteiger partial charge in [-0.05, 0) is 48.6 Å². The van der Waals surface area contributed by atoms with E-state index in [9.17, 15) is 4.79 Å². The molecule has 0 aliphatic heterocycles. The maximum Gasteiger partial charge on any atom is 0.319 e. The summed E-state index contributed by atoms with van der Waals surface area (Å²) in [4.78, 5) is 13.0. The van der Waals surface area contributed by atoms with Crippen LogP contribution in [0, 0.1) is 6.92 Å². The van der Waals surface area contributed by atoms with Gasteiger partial charge in [-0.25, -0.2) is 4.79 Å². The SMILES string of the molecule is Cc1cc(Br)ccc1NC(=O)NCCc1cccs1. The number of carbonyl (C=O) groups is 1. The molecule has 1 aromatic carbocycles. The van der Waals surface area contributed by atoms with Crippen LogP contribution >= 0.6 is 27.3 Å². The number of thiophene rings is 1. The van der Waals surface area contributed by atoms with E-state index >= 15 is 0 Å². The van der Waals surface area contributed by atoms with Crippen molar-refractivity contribution in [3.8, 4) is 0 Å². The van der Waals surface area contributed by atoms with Crippen molar-refractivity contribution in [2.75, 3.05) is 11.9 Å². The zero-order chi connectivity index (χ0) is 13.7. The average Bonchev–Trinajstić information content (AvgIpc) is 2.86. The summed E-state index contributed by atoms with van der Waals surface area (Å²) in [6.07, 6.45) is 0.865. The van der Waals surface area contributed by atoms with Gasteiger partial charge in [-0.2, -0.15) is 0 Å². The first-order valence-electron chi connectivity index (χ1n) is 5.98. The molecule has 19 heavy (non-hydrogen) atoms. The third-order valence-corrected chi connectivity index (χ3v) is 4.10. The molecule has 2 amide bonds. The molecule has 0 atom stereocenters. The Labute approximate surface area is 125 Å². The zero-order valence-corrected chi connectivity index (χ0v) is 13.0. The van der Waals surface area contributed by atoms with Crippen molar-refractivity contribution < 1.29 is 4.79 Å². The minimum atomic E-state index is -0.165. The van der Waals surface area contributed by atoms with E-state index in [1.807, 2.05) is 36.6 Å². The van der Waals surface area contributed by atoms with Crippen molar-refractivity contribution in [2.45, 2.75) is 13.3 Å². The number of benzene rings is 1. The zero-order valence-electron chi connectivity index (χ0n) is 10.6. The first kappa shape index (κ1) is 14.1. The molecule has 0 spiro atoms. The summed E-state index contributed by atoms with van der Waals surface area (Å²) in [7, 11) is 0. The molecule has 0 aliphatic rings. The van der Waals surface area contributed by atoms with E-state index in [-0.39, 0.29) is 6.03 Å². The van der Waals surface area contributed by atoms with Crippen LogP contribution in [0.25, 0.3) is 0 Å². The lowest BCUT2D eigenvalue weighted by Gasteiger charge is -2.09. The van der Waals surface area contributed by atoms with Crippen LogP contribution in [0.3, 0.4) is 0 Å². The van der Waals surface area contributed by atoms with E-state index in [1.165, 1.54) is 4.88 Å². The Morgan fingerprint density at radius 2 is 2.21 bits per heavy atom. The van der Waals surface area contributed by atoms with Gasteiger partial charge in [0.05, 0.1) is 0 Å². The maximum absolute atomic E-state index is 11.7. The van der Waals surface area contributed by atoms with Gasteiger partial charge in [-0.1, -0.05) is 22.0 Å². The quantitative estimate of drug-likeness (QED) is 0.862. The highest BCUT2D eigenvalue weighted by molar-refractivity contribution is 9.10. The van der Waals surface area contributed by atoms with Crippen LogP contribution < -0.4 is 10.6 Å². The average molecular weight is 339 g/mol. The number of rotatable bonds is 4. The van der Waals surface area contributed by atoms with E-state index in [4.69, 9.17) is 0 Å². The van der Waals surface area contributed by atoms with E-state index in [0.717, 1.165) is 22.1 Å². The Balaban J connectivity index is 1.80. The lowest BCUT2D eigenvalue weighted by Crippen LogP contribution is -2.30. The van der Waals surface area contributed by atoms with Crippen molar-refractivity contribution in [2.24, 2.45) is 0 Å². The number of nitrogens with one attached hydrogen (secondary N) is 2. The molecule has 1 aromatic heterocycles. The summed E-state index contributed by atoms with van der Waals surface area (Å²) in [6, 6.07) is 9.70. The Morgan fingerprint density at radius 3 is 2.89 bits per heavy atom. The second-order valence-corrected chi connectivity index (χ2v) is 6.12. The van der Waals surface area contributed by atoms with Crippen LogP contribution in [0.2, 0.25) is 0 Å². The Bertz CT molecular complexity index is 555. The molecule has 3 nitrogen and oxygen atoms in total. The molecule has 0 aliphatic carbocycles. The van der Waals surface area contributed by atoms with Crippen LogP contribution in [0.15, 0.2) is 40.2 Å². The van der Waals surface area contributed by atoms with Crippen molar-refractivity contribution in [1.82, 2.24) is 5.32 Å². The topological polar surface area (TPSA) is 41.1 Å². The molecular formula is C14H15BrN2OS. The smallest absolute Gasteiger partial charge is 0.319 e. The molecule has 100 valence electrons. The number of hydrogen-bond donors (Lipinski definition) is 2. The number of carbonyl (C=O) groups excluding carboxylic acids is 1. The predicted octanol–water partition coefficient (Wildman–Crippen LogP) is 4.18. The van der Waals surface area contributed by atoms with E-state index < -0.39 is 0 Å². The summed E-state index contributed by atoms with van der Waals surface area (Å²) in [5, 5.41) is 7.75. The summed E-state index contributed by atoms with van der Waals surface area (Å²) in [6.45, 7) is 2.61. The molecule has 2 aromatic rings. The van der Waals surface area contributed by atoms with Gasteiger partial charge in [0.25, 0.3) is 0 Å². The molecule has 0 saturated carbocycles. The van der Waals surface area contributed by atoms with E-state index in [2.05, 4.69) is 32.6 Å². The first-order chi connectivity index (χ1) is 9.15. The molecule has 0 bridgehead atoms. The normalized spacial score (nSPS) is 10.2. The van der Waals surface area contributed by atoms with E-state index in [0.29, 0.717) is 6.54 Å². The molecule has 5 heteroatoms. The van der Waals surface area contributed by atoms with Crippen molar-refractivity contribution in [3.05, 3.63) is 50.6 Å². The Morgan fingerprint density at radius 1 is 1.37 bits per heavy atom. The molecule has 1 heterocycles. The highest BCUT2D eigenvalue weighted by Crippen LogP contribution is 2.19. The van der Waals surface area contributed by atoms with Gasteiger partial charge in [0.2, 0.25) is 0 Å². The molecule has 0 unspecified atom stereocenters. The first-order valence-corrected chi connectivity index (χ1v) is 7.66.